The molecule has 3 rings (SSSR count). The first-order valence-electron chi connectivity index (χ1n) is 8.41. The van der Waals surface area contributed by atoms with Gasteiger partial charge in [0.2, 0.25) is 0 Å². The molecule has 0 aliphatic heterocycles. The first-order chi connectivity index (χ1) is 12.9. The molecular formula is C20H19ClFN3O2. The highest BCUT2D eigenvalue weighted by molar-refractivity contribution is 6.30. The number of imidazole rings is 1. The Morgan fingerprint density at radius 3 is 2.81 bits per heavy atom. The third-order valence-electron chi connectivity index (χ3n) is 4.07. The Kier molecular flexibility index (Phi) is 5.76. The van der Waals surface area contributed by atoms with Crippen molar-refractivity contribution in [3.63, 3.8) is 0 Å². The van der Waals surface area contributed by atoms with Crippen LogP contribution in [0.25, 0.3) is 5.69 Å². The number of aryl methyl sites for hydroxylation is 1. The first kappa shape index (κ1) is 18.9. The highest BCUT2D eigenvalue weighted by Crippen LogP contribution is 2.23. The number of nitrogens with one attached hydrogen (secondary N) is 1. The molecule has 0 spiro atoms. The number of hydrogen-bond acceptors (Lipinski definition) is 3. The maximum atomic E-state index is 14.3. The number of rotatable bonds is 6. The summed E-state index contributed by atoms with van der Waals surface area (Å²) in [4.78, 5) is 16.2. The van der Waals surface area contributed by atoms with Gasteiger partial charge in [0.1, 0.15) is 11.6 Å². The van der Waals surface area contributed by atoms with Gasteiger partial charge in [0.05, 0.1) is 12.0 Å². The van der Waals surface area contributed by atoms with Crippen molar-refractivity contribution in [2.24, 2.45) is 0 Å². The van der Waals surface area contributed by atoms with Crippen LogP contribution >= 0.6 is 11.6 Å². The van der Waals surface area contributed by atoms with Crippen LogP contribution in [0.5, 0.6) is 5.75 Å². The second kappa shape index (κ2) is 8.22. The van der Waals surface area contributed by atoms with Gasteiger partial charge in [0.25, 0.3) is 5.91 Å². The van der Waals surface area contributed by atoms with E-state index in [-0.39, 0.29) is 18.3 Å². The van der Waals surface area contributed by atoms with E-state index >= 15 is 0 Å². The molecule has 0 aliphatic rings. The van der Waals surface area contributed by atoms with E-state index in [0.29, 0.717) is 22.0 Å². The summed E-state index contributed by atoms with van der Waals surface area (Å²) in [5.41, 5.74) is 1.90. The summed E-state index contributed by atoms with van der Waals surface area (Å²) >= 11 is 5.92. The van der Waals surface area contributed by atoms with Gasteiger partial charge in [0, 0.05) is 24.0 Å². The standard InChI is InChI=1S/C20H19ClFN3O2/c1-13-9-16(21)4-6-19(13)27-14(2)20(26)24-11-15-3-5-18(17(22)10-15)25-8-7-23-12-25/h3-10,12,14H,11H2,1-2H3,(H,24,26). The molecule has 1 amide bonds. The average molecular weight is 388 g/mol. The Balaban J connectivity index is 1.59. The lowest BCUT2D eigenvalue weighted by Gasteiger charge is -2.16. The summed E-state index contributed by atoms with van der Waals surface area (Å²) in [6.45, 7) is 3.72. The molecule has 2 aromatic carbocycles. The molecule has 1 atom stereocenters. The van der Waals surface area contributed by atoms with Gasteiger partial charge >= 0.3 is 0 Å². The first-order valence-corrected chi connectivity index (χ1v) is 8.79. The van der Waals surface area contributed by atoms with E-state index in [2.05, 4.69) is 10.3 Å². The number of carbonyl (C=O) groups is 1. The van der Waals surface area contributed by atoms with Crippen LogP contribution in [-0.2, 0) is 11.3 Å². The van der Waals surface area contributed by atoms with Gasteiger partial charge in [-0.2, -0.15) is 0 Å². The zero-order valence-corrected chi connectivity index (χ0v) is 15.7. The fourth-order valence-electron chi connectivity index (χ4n) is 2.59. The molecule has 1 N–H and O–H groups in total. The van der Waals surface area contributed by atoms with E-state index < -0.39 is 6.10 Å². The van der Waals surface area contributed by atoms with Crippen molar-refractivity contribution >= 4 is 17.5 Å². The number of benzene rings is 2. The van der Waals surface area contributed by atoms with Crippen molar-refractivity contribution in [3.8, 4) is 11.4 Å². The number of hydrogen-bond donors (Lipinski definition) is 1. The van der Waals surface area contributed by atoms with Crippen molar-refractivity contribution in [3.05, 3.63) is 77.1 Å². The molecular weight excluding hydrogens is 369 g/mol. The van der Waals surface area contributed by atoms with Gasteiger partial charge in [-0.15, -0.1) is 0 Å². The second-order valence-electron chi connectivity index (χ2n) is 6.14. The van der Waals surface area contributed by atoms with Crippen LogP contribution in [-0.4, -0.2) is 21.6 Å². The monoisotopic (exact) mass is 387 g/mol. The number of halogens is 2. The lowest BCUT2D eigenvalue weighted by Crippen LogP contribution is -2.36. The van der Waals surface area contributed by atoms with E-state index in [0.717, 1.165) is 5.56 Å². The minimum Gasteiger partial charge on any atom is -0.481 e. The SMILES string of the molecule is Cc1cc(Cl)ccc1OC(C)C(=O)NCc1ccc(-n2ccnc2)c(F)c1. The van der Waals surface area contributed by atoms with Gasteiger partial charge in [-0.25, -0.2) is 9.37 Å². The van der Waals surface area contributed by atoms with Crippen LogP contribution < -0.4 is 10.1 Å². The number of nitrogens with zero attached hydrogens (tertiary/aromatic N) is 2. The van der Waals surface area contributed by atoms with Crippen molar-refractivity contribution in [2.75, 3.05) is 0 Å². The lowest BCUT2D eigenvalue weighted by atomic mass is 10.2. The molecule has 0 saturated carbocycles. The molecule has 0 saturated heterocycles. The predicted molar refractivity (Wildman–Crippen MR) is 102 cm³/mol. The topological polar surface area (TPSA) is 56.1 Å². The molecule has 7 heteroatoms. The number of amides is 1. The summed E-state index contributed by atoms with van der Waals surface area (Å²) in [5, 5.41) is 3.36. The van der Waals surface area contributed by atoms with E-state index in [1.165, 1.54) is 12.4 Å². The van der Waals surface area contributed by atoms with Gasteiger partial charge in [0.15, 0.2) is 6.10 Å². The number of carbonyl (C=O) groups excluding carboxylic acids is 1. The van der Waals surface area contributed by atoms with Crippen molar-refractivity contribution in [2.45, 2.75) is 26.5 Å². The van der Waals surface area contributed by atoms with E-state index in [1.54, 1.807) is 54.2 Å². The Hall–Kier alpha value is -2.86. The maximum absolute atomic E-state index is 14.3. The zero-order chi connectivity index (χ0) is 19.4. The maximum Gasteiger partial charge on any atom is 0.261 e. The summed E-state index contributed by atoms with van der Waals surface area (Å²) in [6.07, 6.45) is 4.08. The molecule has 0 radical (unpaired) electrons. The van der Waals surface area contributed by atoms with Crippen LogP contribution in [0.15, 0.2) is 55.1 Å². The molecule has 1 aromatic heterocycles. The molecule has 1 unspecified atom stereocenters. The molecule has 0 bridgehead atoms. The van der Waals surface area contributed by atoms with Crippen molar-refractivity contribution in [1.82, 2.24) is 14.9 Å². The van der Waals surface area contributed by atoms with E-state index in [1.807, 2.05) is 6.92 Å². The fourth-order valence-corrected chi connectivity index (χ4v) is 2.82. The normalized spacial score (nSPS) is 11.9. The van der Waals surface area contributed by atoms with Crippen LogP contribution in [0.1, 0.15) is 18.1 Å². The molecule has 5 nitrogen and oxygen atoms in total. The highest BCUT2D eigenvalue weighted by atomic mass is 35.5. The van der Waals surface area contributed by atoms with Crippen molar-refractivity contribution in [1.29, 1.82) is 0 Å². The summed E-state index contributed by atoms with van der Waals surface area (Å²) in [7, 11) is 0. The smallest absolute Gasteiger partial charge is 0.261 e. The second-order valence-corrected chi connectivity index (χ2v) is 6.58. The average Bonchev–Trinajstić information content (AvgIpc) is 3.16. The van der Waals surface area contributed by atoms with Crippen LogP contribution in [0.3, 0.4) is 0 Å². The number of aromatic nitrogens is 2. The molecule has 140 valence electrons. The van der Waals surface area contributed by atoms with Crippen LogP contribution in [0, 0.1) is 12.7 Å². The Labute approximate surface area is 161 Å². The van der Waals surface area contributed by atoms with Crippen LogP contribution in [0.2, 0.25) is 5.02 Å². The molecule has 1 heterocycles. The zero-order valence-electron chi connectivity index (χ0n) is 14.9. The largest absolute Gasteiger partial charge is 0.481 e. The van der Waals surface area contributed by atoms with Gasteiger partial charge < -0.3 is 14.6 Å². The predicted octanol–water partition coefficient (Wildman–Crippen LogP) is 4.06. The Morgan fingerprint density at radius 1 is 1.33 bits per heavy atom. The summed E-state index contributed by atoms with van der Waals surface area (Å²) in [6, 6.07) is 10.0. The van der Waals surface area contributed by atoms with Crippen molar-refractivity contribution < 1.29 is 13.9 Å². The van der Waals surface area contributed by atoms with Gasteiger partial charge in [-0.1, -0.05) is 17.7 Å². The minimum absolute atomic E-state index is 0.202. The molecule has 27 heavy (non-hydrogen) atoms. The molecule has 3 aromatic rings. The molecule has 0 aliphatic carbocycles. The van der Waals surface area contributed by atoms with Gasteiger partial charge in [-0.3, -0.25) is 4.79 Å². The van der Waals surface area contributed by atoms with E-state index in [9.17, 15) is 9.18 Å². The Bertz CT molecular complexity index is 944. The highest BCUT2D eigenvalue weighted by Gasteiger charge is 2.16. The summed E-state index contributed by atoms with van der Waals surface area (Å²) < 4.78 is 21.5. The third kappa shape index (κ3) is 4.65. The van der Waals surface area contributed by atoms with E-state index in [4.69, 9.17) is 16.3 Å². The summed E-state index contributed by atoms with van der Waals surface area (Å²) in [5.74, 6) is -0.0814. The molecule has 0 fully saturated rings. The third-order valence-corrected chi connectivity index (χ3v) is 4.31. The lowest BCUT2D eigenvalue weighted by molar-refractivity contribution is -0.127. The quantitative estimate of drug-likeness (QED) is 0.694. The van der Waals surface area contributed by atoms with Crippen LogP contribution in [0.4, 0.5) is 4.39 Å². The fraction of sp³-hybridized carbons (Fsp3) is 0.200. The minimum atomic E-state index is -0.694. The Morgan fingerprint density at radius 2 is 2.15 bits per heavy atom. The number of ether oxygens (including phenoxy) is 1. The van der Waals surface area contributed by atoms with Gasteiger partial charge in [-0.05, 0) is 55.3 Å².